The molecular formula is C13H24N2O3. The van der Waals surface area contributed by atoms with Gasteiger partial charge in [-0.3, -0.25) is 9.59 Å². The van der Waals surface area contributed by atoms with Crippen molar-refractivity contribution < 1.29 is 14.7 Å². The number of nitrogens with one attached hydrogen (secondary N) is 2. The van der Waals surface area contributed by atoms with Crippen LogP contribution in [-0.2, 0) is 9.59 Å². The standard InChI is InChI=1S/C13H24N2O3/c1-8(2)4-10(13(17)18)7-15-12(16)9(3)11-5-14-6-11/h8-11,14H,4-7H2,1-3H3,(H,15,16)(H,17,18). The molecule has 0 spiro atoms. The predicted octanol–water partition coefficient (Wildman–Crippen LogP) is 0.705. The first-order valence-electron chi connectivity index (χ1n) is 6.63. The number of carboxylic acid groups (broad SMARTS) is 1. The molecule has 5 nitrogen and oxygen atoms in total. The summed E-state index contributed by atoms with van der Waals surface area (Å²) in [6.07, 6.45) is 0.592. The number of carbonyl (C=O) groups excluding carboxylic acids is 1. The van der Waals surface area contributed by atoms with E-state index in [9.17, 15) is 9.59 Å². The molecule has 0 radical (unpaired) electrons. The maximum atomic E-state index is 11.9. The van der Waals surface area contributed by atoms with Crippen molar-refractivity contribution in [2.75, 3.05) is 19.6 Å². The Morgan fingerprint density at radius 2 is 1.94 bits per heavy atom. The van der Waals surface area contributed by atoms with Crippen LogP contribution in [0, 0.1) is 23.7 Å². The fraction of sp³-hybridized carbons (Fsp3) is 0.846. The monoisotopic (exact) mass is 256 g/mol. The Kier molecular flexibility index (Phi) is 5.59. The first kappa shape index (κ1) is 15.0. The molecular weight excluding hydrogens is 232 g/mol. The largest absolute Gasteiger partial charge is 0.481 e. The van der Waals surface area contributed by atoms with Crippen molar-refractivity contribution in [3.05, 3.63) is 0 Å². The Hall–Kier alpha value is -1.10. The summed E-state index contributed by atoms with van der Waals surface area (Å²) in [6.45, 7) is 7.86. The van der Waals surface area contributed by atoms with E-state index in [4.69, 9.17) is 5.11 Å². The van der Waals surface area contributed by atoms with Gasteiger partial charge in [0.1, 0.15) is 0 Å². The fourth-order valence-corrected chi connectivity index (χ4v) is 2.10. The number of carboxylic acids is 1. The highest BCUT2D eigenvalue weighted by atomic mass is 16.4. The summed E-state index contributed by atoms with van der Waals surface area (Å²) in [5.74, 6) is -0.687. The van der Waals surface area contributed by atoms with Gasteiger partial charge in [-0.25, -0.2) is 0 Å². The summed E-state index contributed by atoms with van der Waals surface area (Å²) in [6, 6.07) is 0. The lowest BCUT2D eigenvalue weighted by molar-refractivity contribution is -0.142. The second kappa shape index (κ2) is 6.73. The Morgan fingerprint density at radius 1 is 1.33 bits per heavy atom. The van der Waals surface area contributed by atoms with Gasteiger partial charge >= 0.3 is 5.97 Å². The van der Waals surface area contributed by atoms with E-state index in [-0.39, 0.29) is 18.4 Å². The molecule has 1 saturated heterocycles. The van der Waals surface area contributed by atoms with Gasteiger partial charge in [0.05, 0.1) is 5.92 Å². The molecule has 0 aliphatic carbocycles. The normalized spacial score (nSPS) is 19.1. The number of hydrogen-bond donors (Lipinski definition) is 3. The molecule has 0 aromatic rings. The highest BCUT2D eigenvalue weighted by Crippen LogP contribution is 2.16. The minimum absolute atomic E-state index is 0.0310. The minimum atomic E-state index is -0.832. The van der Waals surface area contributed by atoms with Gasteiger partial charge in [0.15, 0.2) is 0 Å². The van der Waals surface area contributed by atoms with Crippen LogP contribution in [0.3, 0.4) is 0 Å². The zero-order chi connectivity index (χ0) is 13.7. The zero-order valence-corrected chi connectivity index (χ0v) is 11.4. The van der Waals surface area contributed by atoms with Crippen LogP contribution in [0.4, 0.5) is 0 Å². The van der Waals surface area contributed by atoms with Gasteiger partial charge in [0, 0.05) is 12.5 Å². The van der Waals surface area contributed by atoms with E-state index in [1.807, 2.05) is 20.8 Å². The number of hydrogen-bond acceptors (Lipinski definition) is 3. The van der Waals surface area contributed by atoms with E-state index in [0.717, 1.165) is 13.1 Å². The third-order valence-electron chi connectivity index (χ3n) is 3.56. The summed E-state index contributed by atoms with van der Waals surface area (Å²) < 4.78 is 0. The summed E-state index contributed by atoms with van der Waals surface area (Å²) in [5, 5.41) is 15.0. The molecule has 1 aliphatic rings. The Bertz CT molecular complexity index is 301. The lowest BCUT2D eigenvalue weighted by atomic mass is 9.88. The molecule has 1 fully saturated rings. The van der Waals surface area contributed by atoms with Gasteiger partial charge in [-0.15, -0.1) is 0 Å². The number of carbonyl (C=O) groups is 2. The van der Waals surface area contributed by atoms with Gasteiger partial charge in [0.25, 0.3) is 0 Å². The van der Waals surface area contributed by atoms with Crippen molar-refractivity contribution in [3.8, 4) is 0 Å². The maximum Gasteiger partial charge on any atom is 0.308 e. The molecule has 0 aromatic heterocycles. The molecule has 18 heavy (non-hydrogen) atoms. The minimum Gasteiger partial charge on any atom is -0.481 e. The van der Waals surface area contributed by atoms with Crippen molar-refractivity contribution in [2.45, 2.75) is 27.2 Å². The van der Waals surface area contributed by atoms with E-state index in [1.165, 1.54) is 0 Å². The van der Waals surface area contributed by atoms with Crippen LogP contribution in [0.5, 0.6) is 0 Å². The molecule has 1 amide bonds. The SMILES string of the molecule is CC(C)CC(CNC(=O)C(C)C1CNC1)C(=O)O. The number of aliphatic carboxylic acids is 1. The summed E-state index contributed by atoms with van der Waals surface area (Å²) in [7, 11) is 0. The van der Waals surface area contributed by atoms with E-state index in [0.29, 0.717) is 18.3 Å². The zero-order valence-electron chi connectivity index (χ0n) is 11.4. The van der Waals surface area contributed by atoms with Crippen molar-refractivity contribution in [2.24, 2.45) is 23.7 Å². The van der Waals surface area contributed by atoms with Crippen LogP contribution in [0.1, 0.15) is 27.2 Å². The average molecular weight is 256 g/mol. The first-order valence-corrected chi connectivity index (χ1v) is 6.63. The van der Waals surface area contributed by atoms with Crippen LogP contribution in [-0.4, -0.2) is 36.6 Å². The second-order valence-electron chi connectivity index (χ2n) is 5.62. The third kappa shape index (κ3) is 4.29. The summed E-state index contributed by atoms with van der Waals surface area (Å²) >= 11 is 0. The van der Waals surface area contributed by atoms with Gasteiger partial charge in [-0.05, 0) is 31.3 Å². The lowest BCUT2D eigenvalue weighted by Gasteiger charge is -2.32. The van der Waals surface area contributed by atoms with Crippen molar-refractivity contribution in [3.63, 3.8) is 0 Å². The highest BCUT2D eigenvalue weighted by Gasteiger charge is 2.29. The van der Waals surface area contributed by atoms with Gasteiger partial charge in [-0.2, -0.15) is 0 Å². The van der Waals surface area contributed by atoms with Crippen LogP contribution in [0.15, 0.2) is 0 Å². The number of rotatable bonds is 7. The first-order chi connectivity index (χ1) is 8.41. The summed E-state index contributed by atoms with van der Waals surface area (Å²) in [4.78, 5) is 22.9. The molecule has 104 valence electrons. The van der Waals surface area contributed by atoms with Crippen LogP contribution in [0.25, 0.3) is 0 Å². The smallest absolute Gasteiger partial charge is 0.308 e. The van der Waals surface area contributed by atoms with E-state index >= 15 is 0 Å². The van der Waals surface area contributed by atoms with Crippen LogP contribution in [0.2, 0.25) is 0 Å². The van der Waals surface area contributed by atoms with Gasteiger partial charge < -0.3 is 15.7 Å². The Labute approximate surface area is 108 Å². The summed E-state index contributed by atoms with van der Waals surface area (Å²) in [5.41, 5.74) is 0. The molecule has 1 aliphatic heterocycles. The van der Waals surface area contributed by atoms with Crippen LogP contribution < -0.4 is 10.6 Å². The molecule has 5 heteroatoms. The van der Waals surface area contributed by atoms with E-state index < -0.39 is 11.9 Å². The Balaban J connectivity index is 2.36. The van der Waals surface area contributed by atoms with Gasteiger partial charge in [-0.1, -0.05) is 20.8 Å². The quantitative estimate of drug-likeness (QED) is 0.626. The average Bonchev–Trinajstić information content (AvgIpc) is 2.20. The molecule has 1 heterocycles. The van der Waals surface area contributed by atoms with E-state index in [2.05, 4.69) is 10.6 Å². The maximum absolute atomic E-state index is 11.9. The number of amides is 1. The molecule has 0 saturated carbocycles. The van der Waals surface area contributed by atoms with Crippen molar-refractivity contribution in [1.29, 1.82) is 0 Å². The molecule has 2 unspecified atom stereocenters. The fourth-order valence-electron chi connectivity index (χ4n) is 2.10. The predicted molar refractivity (Wildman–Crippen MR) is 69.1 cm³/mol. The second-order valence-corrected chi connectivity index (χ2v) is 5.62. The molecule has 3 N–H and O–H groups in total. The van der Waals surface area contributed by atoms with Crippen LogP contribution >= 0.6 is 0 Å². The third-order valence-corrected chi connectivity index (χ3v) is 3.56. The van der Waals surface area contributed by atoms with Gasteiger partial charge in [0.2, 0.25) is 5.91 Å². The lowest BCUT2D eigenvalue weighted by Crippen LogP contribution is -2.50. The molecule has 2 atom stereocenters. The molecule has 0 aromatic carbocycles. The van der Waals surface area contributed by atoms with Crippen molar-refractivity contribution >= 4 is 11.9 Å². The molecule has 1 rings (SSSR count). The highest BCUT2D eigenvalue weighted by molar-refractivity contribution is 5.79. The van der Waals surface area contributed by atoms with Crippen molar-refractivity contribution in [1.82, 2.24) is 10.6 Å². The molecule has 0 bridgehead atoms. The topological polar surface area (TPSA) is 78.4 Å². The Morgan fingerprint density at radius 3 is 2.33 bits per heavy atom. The van der Waals surface area contributed by atoms with E-state index in [1.54, 1.807) is 0 Å².